The number of ether oxygens (including phenoxy) is 2. The van der Waals surface area contributed by atoms with Crippen molar-refractivity contribution in [3.8, 4) is 11.5 Å². The van der Waals surface area contributed by atoms with Gasteiger partial charge in [0.1, 0.15) is 11.5 Å². The molecule has 1 aliphatic rings. The van der Waals surface area contributed by atoms with Crippen LogP contribution in [0.2, 0.25) is 0 Å². The third kappa shape index (κ3) is 4.82. The first kappa shape index (κ1) is 18.8. The zero-order valence-electron chi connectivity index (χ0n) is 15.9. The smallest absolute Gasteiger partial charge is 0.246 e. The maximum Gasteiger partial charge on any atom is 0.246 e. The lowest BCUT2D eigenvalue weighted by Gasteiger charge is -2.36. The predicted molar refractivity (Wildman–Crippen MR) is 108 cm³/mol. The molecular formula is C22H26N2O3. The molecule has 0 unspecified atom stereocenters. The van der Waals surface area contributed by atoms with Crippen LogP contribution in [0.4, 0.5) is 5.69 Å². The minimum absolute atomic E-state index is 0.0376. The summed E-state index contributed by atoms with van der Waals surface area (Å²) in [6.45, 7) is 5.61. The fourth-order valence-electron chi connectivity index (χ4n) is 3.18. The molecule has 27 heavy (non-hydrogen) atoms. The Morgan fingerprint density at radius 1 is 1.07 bits per heavy atom. The lowest BCUT2D eigenvalue weighted by atomic mass is 10.2. The number of para-hydroxylation sites is 2. The molecule has 0 spiro atoms. The highest BCUT2D eigenvalue weighted by Crippen LogP contribution is 2.28. The lowest BCUT2D eigenvalue weighted by Crippen LogP contribution is -2.48. The molecule has 2 aromatic carbocycles. The number of piperazine rings is 1. The van der Waals surface area contributed by atoms with E-state index in [4.69, 9.17) is 9.47 Å². The molecule has 1 saturated heterocycles. The van der Waals surface area contributed by atoms with Crippen LogP contribution in [0, 0.1) is 0 Å². The van der Waals surface area contributed by atoms with Gasteiger partial charge in [0.2, 0.25) is 5.91 Å². The second-order valence-electron chi connectivity index (χ2n) is 6.32. The van der Waals surface area contributed by atoms with Gasteiger partial charge < -0.3 is 19.3 Å². The summed E-state index contributed by atoms with van der Waals surface area (Å²) in [7, 11) is 1.64. The van der Waals surface area contributed by atoms with Gasteiger partial charge in [-0.05, 0) is 42.8 Å². The van der Waals surface area contributed by atoms with Gasteiger partial charge in [0.05, 0.1) is 19.4 Å². The van der Waals surface area contributed by atoms with Crippen molar-refractivity contribution < 1.29 is 14.3 Å². The summed E-state index contributed by atoms with van der Waals surface area (Å²) in [6, 6.07) is 15.7. The van der Waals surface area contributed by atoms with Crippen LogP contribution >= 0.6 is 0 Å². The Kier molecular flexibility index (Phi) is 6.36. The maximum absolute atomic E-state index is 12.5. The van der Waals surface area contributed by atoms with Gasteiger partial charge in [-0.1, -0.05) is 24.3 Å². The van der Waals surface area contributed by atoms with Gasteiger partial charge in [-0.2, -0.15) is 0 Å². The van der Waals surface area contributed by atoms with Gasteiger partial charge in [-0.3, -0.25) is 4.79 Å². The summed E-state index contributed by atoms with van der Waals surface area (Å²) in [5, 5.41) is 0. The van der Waals surface area contributed by atoms with E-state index in [0.717, 1.165) is 35.8 Å². The van der Waals surface area contributed by atoms with Crippen LogP contribution in [-0.2, 0) is 4.79 Å². The second kappa shape index (κ2) is 9.12. The number of carbonyl (C=O) groups is 1. The Bertz CT molecular complexity index is 796. The minimum atomic E-state index is 0.0376. The van der Waals surface area contributed by atoms with E-state index in [2.05, 4.69) is 11.0 Å². The number of carbonyl (C=O) groups excluding carboxylic acids is 1. The number of anilines is 1. The van der Waals surface area contributed by atoms with Crippen LogP contribution in [0.3, 0.4) is 0 Å². The van der Waals surface area contributed by atoms with E-state index in [9.17, 15) is 4.79 Å². The maximum atomic E-state index is 12.5. The third-order valence-corrected chi connectivity index (χ3v) is 4.61. The number of amides is 1. The van der Waals surface area contributed by atoms with E-state index in [1.54, 1.807) is 13.2 Å². The quantitative estimate of drug-likeness (QED) is 0.735. The largest absolute Gasteiger partial charge is 0.497 e. The molecule has 2 aromatic rings. The number of benzene rings is 2. The first-order valence-corrected chi connectivity index (χ1v) is 9.29. The molecule has 3 rings (SSSR count). The van der Waals surface area contributed by atoms with Gasteiger partial charge in [-0.15, -0.1) is 0 Å². The molecule has 0 aliphatic carbocycles. The van der Waals surface area contributed by atoms with E-state index >= 15 is 0 Å². The molecule has 0 aromatic heterocycles. The van der Waals surface area contributed by atoms with Crippen molar-refractivity contribution in [1.29, 1.82) is 0 Å². The average molecular weight is 366 g/mol. The Labute approximate surface area is 160 Å². The van der Waals surface area contributed by atoms with E-state index in [-0.39, 0.29) is 5.91 Å². The van der Waals surface area contributed by atoms with Crippen molar-refractivity contribution in [3.05, 3.63) is 60.2 Å². The van der Waals surface area contributed by atoms with Gasteiger partial charge >= 0.3 is 0 Å². The minimum Gasteiger partial charge on any atom is -0.497 e. The molecule has 1 aliphatic heterocycles. The van der Waals surface area contributed by atoms with E-state index in [1.165, 1.54) is 0 Å². The molecule has 1 amide bonds. The third-order valence-electron chi connectivity index (χ3n) is 4.61. The first-order chi connectivity index (χ1) is 13.2. The molecule has 1 heterocycles. The summed E-state index contributed by atoms with van der Waals surface area (Å²) in [6.07, 6.45) is 3.47. The molecule has 0 N–H and O–H groups in total. The number of hydrogen-bond acceptors (Lipinski definition) is 4. The molecule has 5 heteroatoms. The molecule has 0 radical (unpaired) electrons. The van der Waals surface area contributed by atoms with Crippen molar-refractivity contribution >= 4 is 17.7 Å². The van der Waals surface area contributed by atoms with Crippen LogP contribution in [0.1, 0.15) is 12.5 Å². The van der Waals surface area contributed by atoms with Gasteiger partial charge in [0.25, 0.3) is 0 Å². The number of methoxy groups -OCH3 is 1. The molecule has 0 bridgehead atoms. The molecule has 1 fully saturated rings. The van der Waals surface area contributed by atoms with Gasteiger partial charge in [0, 0.05) is 32.3 Å². The molecule has 0 saturated carbocycles. The molecule has 5 nitrogen and oxygen atoms in total. The highest BCUT2D eigenvalue weighted by molar-refractivity contribution is 5.92. The molecular weight excluding hydrogens is 340 g/mol. The van der Waals surface area contributed by atoms with E-state index in [0.29, 0.717) is 19.7 Å². The van der Waals surface area contributed by atoms with Gasteiger partial charge in [-0.25, -0.2) is 0 Å². The van der Waals surface area contributed by atoms with Crippen molar-refractivity contribution in [2.45, 2.75) is 6.92 Å². The van der Waals surface area contributed by atoms with Crippen LogP contribution in [0.5, 0.6) is 11.5 Å². The van der Waals surface area contributed by atoms with Gasteiger partial charge in [0.15, 0.2) is 0 Å². The standard InChI is InChI=1S/C22H26N2O3/c1-3-27-21-10-5-4-9-20(21)23-13-15-24(16-14-23)22(25)12-11-18-7-6-8-19(17-18)26-2/h4-12,17H,3,13-16H2,1-2H3/b12-11+. The van der Waals surface area contributed by atoms with E-state index in [1.807, 2.05) is 60.4 Å². The Hall–Kier alpha value is -2.95. The zero-order valence-corrected chi connectivity index (χ0v) is 15.9. The monoisotopic (exact) mass is 366 g/mol. The van der Waals surface area contributed by atoms with Crippen LogP contribution < -0.4 is 14.4 Å². The SMILES string of the molecule is CCOc1ccccc1N1CCN(C(=O)/C=C/c2cccc(OC)c2)CC1. The normalized spacial score (nSPS) is 14.4. The van der Waals surface area contributed by atoms with Crippen molar-refractivity contribution in [1.82, 2.24) is 4.90 Å². The van der Waals surface area contributed by atoms with Crippen LogP contribution in [-0.4, -0.2) is 50.7 Å². The highest BCUT2D eigenvalue weighted by Gasteiger charge is 2.21. The topological polar surface area (TPSA) is 42.0 Å². The fraction of sp³-hybridized carbons (Fsp3) is 0.318. The van der Waals surface area contributed by atoms with Crippen molar-refractivity contribution in [2.24, 2.45) is 0 Å². The number of hydrogen-bond donors (Lipinski definition) is 0. The average Bonchev–Trinajstić information content (AvgIpc) is 2.73. The molecule has 142 valence electrons. The Morgan fingerprint density at radius 2 is 1.85 bits per heavy atom. The zero-order chi connectivity index (χ0) is 19.1. The fourth-order valence-corrected chi connectivity index (χ4v) is 3.18. The van der Waals surface area contributed by atoms with Crippen LogP contribution in [0.15, 0.2) is 54.6 Å². The van der Waals surface area contributed by atoms with Crippen LogP contribution in [0.25, 0.3) is 6.08 Å². The number of rotatable bonds is 6. The summed E-state index contributed by atoms with van der Waals surface area (Å²) < 4.78 is 10.9. The summed E-state index contributed by atoms with van der Waals surface area (Å²) in [5.41, 5.74) is 2.05. The van der Waals surface area contributed by atoms with Crippen molar-refractivity contribution in [2.75, 3.05) is 44.8 Å². The summed E-state index contributed by atoms with van der Waals surface area (Å²) >= 11 is 0. The lowest BCUT2D eigenvalue weighted by molar-refractivity contribution is -0.126. The van der Waals surface area contributed by atoms with Crippen molar-refractivity contribution in [3.63, 3.8) is 0 Å². The predicted octanol–water partition coefficient (Wildman–Crippen LogP) is 3.46. The first-order valence-electron chi connectivity index (χ1n) is 9.29. The summed E-state index contributed by atoms with van der Waals surface area (Å²) in [5.74, 6) is 1.72. The highest BCUT2D eigenvalue weighted by atomic mass is 16.5. The Morgan fingerprint density at radius 3 is 2.59 bits per heavy atom. The number of nitrogens with zero attached hydrogens (tertiary/aromatic N) is 2. The summed E-state index contributed by atoms with van der Waals surface area (Å²) in [4.78, 5) is 16.7. The van der Waals surface area contributed by atoms with E-state index < -0.39 is 0 Å². The Balaban J connectivity index is 1.58. The second-order valence-corrected chi connectivity index (χ2v) is 6.32. The molecule has 0 atom stereocenters.